The SMILES string of the molecule is O=C(/C=C\c1ccccc1)N1CCc2c([nH]c3ccccc23)C12CCC(c1cccc(F)c1)(N1CCC1)CC2. The zero-order valence-electron chi connectivity index (χ0n) is 22.2. The van der Waals surface area contributed by atoms with Crippen molar-refractivity contribution in [2.75, 3.05) is 19.6 Å². The van der Waals surface area contributed by atoms with Crippen LogP contribution in [0, 0.1) is 5.82 Å². The molecule has 2 fully saturated rings. The number of carbonyl (C=O) groups excluding carboxylic acids is 1. The molecule has 4 nitrogen and oxygen atoms in total. The Morgan fingerprint density at radius 2 is 1.59 bits per heavy atom. The Morgan fingerprint density at radius 3 is 2.33 bits per heavy atom. The molecule has 5 heteroatoms. The second kappa shape index (κ2) is 9.49. The predicted octanol–water partition coefficient (Wildman–Crippen LogP) is 6.78. The van der Waals surface area contributed by atoms with Gasteiger partial charge in [0.25, 0.3) is 0 Å². The molecule has 0 radical (unpaired) electrons. The number of hydrogen-bond donors (Lipinski definition) is 1. The lowest BCUT2D eigenvalue weighted by Crippen LogP contribution is -2.61. The Hall–Kier alpha value is -3.70. The Bertz CT molecular complexity index is 1540. The molecular formula is C34H34FN3O. The second-order valence-electron chi connectivity index (χ2n) is 11.4. The number of nitrogens with zero attached hydrogens (tertiary/aromatic N) is 2. The van der Waals surface area contributed by atoms with E-state index >= 15 is 0 Å². The van der Waals surface area contributed by atoms with Crippen molar-refractivity contribution >= 4 is 22.9 Å². The number of benzene rings is 3. The topological polar surface area (TPSA) is 39.3 Å². The molecule has 4 aromatic rings. The van der Waals surface area contributed by atoms with Crippen molar-refractivity contribution in [3.05, 3.63) is 113 Å². The largest absolute Gasteiger partial charge is 0.356 e. The molecule has 1 amide bonds. The van der Waals surface area contributed by atoms with Crippen molar-refractivity contribution in [1.82, 2.24) is 14.8 Å². The fourth-order valence-electron chi connectivity index (χ4n) is 7.48. The molecule has 1 saturated heterocycles. The van der Waals surface area contributed by atoms with Gasteiger partial charge in [-0.2, -0.15) is 0 Å². The van der Waals surface area contributed by atoms with Gasteiger partial charge in [0.05, 0.1) is 5.54 Å². The molecule has 2 aliphatic heterocycles. The quantitative estimate of drug-likeness (QED) is 0.302. The first kappa shape index (κ1) is 24.3. The molecule has 1 aromatic heterocycles. The number of nitrogens with one attached hydrogen (secondary N) is 1. The highest BCUT2D eigenvalue weighted by molar-refractivity contribution is 5.93. The van der Waals surface area contributed by atoms with Gasteiger partial charge >= 0.3 is 0 Å². The lowest BCUT2D eigenvalue weighted by Gasteiger charge is -2.58. The van der Waals surface area contributed by atoms with E-state index in [-0.39, 0.29) is 17.3 Å². The van der Waals surface area contributed by atoms with Crippen molar-refractivity contribution < 1.29 is 9.18 Å². The smallest absolute Gasteiger partial charge is 0.247 e. The number of H-pyrrole nitrogens is 1. The van der Waals surface area contributed by atoms with Gasteiger partial charge in [0.1, 0.15) is 5.82 Å². The van der Waals surface area contributed by atoms with E-state index in [4.69, 9.17) is 0 Å². The van der Waals surface area contributed by atoms with Crippen LogP contribution in [0.25, 0.3) is 17.0 Å². The van der Waals surface area contributed by atoms with Gasteiger partial charge in [-0.05, 0) is 79.5 Å². The van der Waals surface area contributed by atoms with Crippen LogP contribution in [-0.4, -0.2) is 40.3 Å². The van der Waals surface area contributed by atoms with E-state index in [1.165, 1.54) is 29.1 Å². The highest BCUT2D eigenvalue weighted by Crippen LogP contribution is 2.55. The van der Waals surface area contributed by atoms with Crippen LogP contribution >= 0.6 is 0 Å². The zero-order valence-corrected chi connectivity index (χ0v) is 22.2. The first-order valence-electron chi connectivity index (χ1n) is 14.3. The number of aromatic amines is 1. The number of likely N-dealkylation sites (tertiary alicyclic amines) is 1. The standard InChI is InChI=1S/C34H34FN3O/c35-27-11-6-10-26(24-27)33(37-21-7-22-37)17-19-34(20-18-33)32-29(28-12-4-5-13-30(28)36-32)16-23-38(34)31(39)15-14-25-8-2-1-3-9-25/h1-6,8-15,24,36H,7,16-23H2/b15-14-. The summed E-state index contributed by atoms with van der Waals surface area (Å²) in [6.07, 6.45) is 9.14. The zero-order chi connectivity index (χ0) is 26.5. The van der Waals surface area contributed by atoms with Gasteiger partial charge in [-0.15, -0.1) is 0 Å². The van der Waals surface area contributed by atoms with E-state index in [9.17, 15) is 9.18 Å². The number of para-hydroxylation sites is 1. The summed E-state index contributed by atoms with van der Waals surface area (Å²) < 4.78 is 14.4. The third kappa shape index (κ3) is 3.94. The molecule has 0 unspecified atom stereocenters. The predicted molar refractivity (Wildman–Crippen MR) is 154 cm³/mol. The van der Waals surface area contributed by atoms with Crippen LogP contribution in [0.4, 0.5) is 4.39 Å². The summed E-state index contributed by atoms with van der Waals surface area (Å²) in [6, 6.07) is 25.7. The molecule has 7 rings (SSSR count). The minimum absolute atomic E-state index is 0.0605. The Labute approximate surface area is 229 Å². The number of halogens is 1. The van der Waals surface area contributed by atoms with Crippen LogP contribution in [0.1, 0.15) is 54.5 Å². The van der Waals surface area contributed by atoms with Gasteiger partial charge < -0.3 is 9.88 Å². The highest BCUT2D eigenvalue weighted by atomic mass is 19.1. The molecule has 39 heavy (non-hydrogen) atoms. The summed E-state index contributed by atoms with van der Waals surface area (Å²) in [4.78, 5) is 22.4. The van der Waals surface area contributed by atoms with Crippen molar-refractivity contribution in [2.45, 2.75) is 49.6 Å². The van der Waals surface area contributed by atoms with Crippen LogP contribution in [0.3, 0.4) is 0 Å². The van der Waals surface area contributed by atoms with Gasteiger partial charge in [-0.3, -0.25) is 9.69 Å². The fourth-order valence-corrected chi connectivity index (χ4v) is 7.48. The van der Waals surface area contributed by atoms with Gasteiger partial charge in [0.15, 0.2) is 0 Å². The molecule has 1 aliphatic carbocycles. The first-order valence-corrected chi connectivity index (χ1v) is 14.3. The molecule has 198 valence electrons. The van der Waals surface area contributed by atoms with Crippen molar-refractivity contribution in [3.8, 4) is 0 Å². The van der Waals surface area contributed by atoms with Crippen molar-refractivity contribution in [3.63, 3.8) is 0 Å². The highest BCUT2D eigenvalue weighted by Gasteiger charge is 2.54. The van der Waals surface area contributed by atoms with E-state index in [0.29, 0.717) is 6.54 Å². The van der Waals surface area contributed by atoms with Gasteiger partial charge in [-0.25, -0.2) is 4.39 Å². The average molecular weight is 520 g/mol. The fraction of sp³-hybridized carbons (Fsp3) is 0.324. The van der Waals surface area contributed by atoms with Crippen LogP contribution in [0.2, 0.25) is 0 Å². The molecule has 3 aliphatic rings. The monoisotopic (exact) mass is 519 g/mol. The van der Waals surface area contributed by atoms with Gasteiger partial charge in [-0.1, -0.05) is 60.7 Å². The van der Waals surface area contributed by atoms with E-state index < -0.39 is 5.54 Å². The third-order valence-electron chi connectivity index (χ3n) is 9.59. The Kier molecular flexibility index (Phi) is 5.93. The maximum absolute atomic E-state index is 14.4. The summed E-state index contributed by atoms with van der Waals surface area (Å²) in [5.74, 6) is -0.114. The molecule has 3 heterocycles. The molecule has 3 aromatic carbocycles. The van der Waals surface area contributed by atoms with E-state index in [1.54, 1.807) is 12.1 Å². The van der Waals surface area contributed by atoms with Crippen molar-refractivity contribution in [2.24, 2.45) is 0 Å². The van der Waals surface area contributed by atoms with Crippen LogP contribution in [-0.2, 0) is 22.3 Å². The lowest BCUT2D eigenvalue weighted by atomic mass is 9.64. The molecule has 1 spiro atoms. The van der Waals surface area contributed by atoms with Crippen LogP contribution in [0.15, 0.2) is 84.9 Å². The van der Waals surface area contributed by atoms with E-state index in [1.807, 2.05) is 42.5 Å². The molecule has 1 N–H and O–H groups in total. The van der Waals surface area contributed by atoms with E-state index in [2.05, 4.69) is 45.1 Å². The summed E-state index contributed by atoms with van der Waals surface area (Å²) in [5.41, 5.74) is 5.19. The second-order valence-corrected chi connectivity index (χ2v) is 11.4. The molecule has 1 saturated carbocycles. The van der Waals surface area contributed by atoms with Gasteiger partial charge in [0, 0.05) is 47.8 Å². The number of rotatable bonds is 4. The maximum Gasteiger partial charge on any atom is 0.247 e. The molecular weight excluding hydrogens is 485 g/mol. The lowest BCUT2D eigenvalue weighted by molar-refractivity contribution is -0.138. The summed E-state index contributed by atoms with van der Waals surface area (Å²) >= 11 is 0. The normalized spacial score (nSPS) is 25.2. The van der Waals surface area contributed by atoms with Crippen LogP contribution in [0.5, 0.6) is 0 Å². The van der Waals surface area contributed by atoms with Crippen molar-refractivity contribution in [1.29, 1.82) is 0 Å². The minimum atomic E-state index is -0.410. The summed E-state index contributed by atoms with van der Waals surface area (Å²) in [7, 11) is 0. The average Bonchev–Trinajstić information content (AvgIpc) is 3.33. The number of carbonyl (C=O) groups is 1. The molecule has 0 bridgehead atoms. The van der Waals surface area contributed by atoms with Gasteiger partial charge in [0.2, 0.25) is 5.91 Å². The summed E-state index contributed by atoms with van der Waals surface area (Å²) in [5, 5.41) is 1.27. The Morgan fingerprint density at radius 1 is 0.846 bits per heavy atom. The molecule has 0 atom stereocenters. The minimum Gasteiger partial charge on any atom is -0.356 e. The number of hydrogen-bond acceptors (Lipinski definition) is 2. The number of aromatic nitrogens is 1. The van der Waals surface area contributed by atoms with Crippen LogP contribution < -0.4 is 0 Å². The number of fused-ring (bicyclic) bond motifs is 4. The Balaban J connectivity index is 1.29. The number of amides is 1. The third-order valence-corrected chi connectivity index (χ3v) is 9.59. The van der Waals surface area contributed by atoms with E-state index in [0.717, 1.165) is 61.8 Å². The maximum atomic E-state index is 14.4. The first-order chi connectivity index (χ1) is 19.1. The summed E-state index contributed by atoms with van der Waals surface area (Å²) in [6.45, 7) is 2.79.